The normalized spacial score (nSPS) is 22.5. The van der Waals surface area contributed by atoms with Crippen molar-refractivity contribution >= 4 is 18.5 Å². The van der Waals surface area contributed by atoms with Crippen molar-refractivity contribution in [1.82, 2.24) is 10.2 Å². The molecule has 1 aliphatic heterocycles. The predicted octanol–water partition coefficient (Wildman–Crippen LogP) is 2.43. The first-order valence-corrected chi connectivity index (χ1v) is 6.38. The molecule has 1 saturated heterocycles. The fourth-order valence-corrected chi connectivity index (χ4v) is 2.29. The average molecular weight is 285 g/mol. The van der Waals surface area contributed by atoms with Crippen LogP contribution in [0, 0.1) is 0 Å². The Morgan fingerprint density at radius 2 is 1.84 bits per heavy atom. The second-order valence-electron chi connectivity index (χ2n) is 4.80. The lowest BCUT2D eigenvalue weighted by atomic mass is 10.1. The number of benzene rings is 1. The van der Waals surface area contributed by atoms with Crippen molar-refractivity contribution in [2.75, 3.05) is 13.1 Å². The highest BCUT2D eigenvalue weighted by molar-refractivity contribution is 5.85. The summed E-state index contributed by atoms with van der Waals surface area (Å²) < 4.78 is 5.37. The maximum atomic E-state index is 12.1. The van der Waals surface area contributed by atoms with Crippen molar-refractivity contribution in [2.24, 2.45) is 0 Å². The molecule has 1 aromatic rings. The number of amides is 1. The molecule has 2 atom stereocenters. The Balaban J connectivity index is 0.00000180. The summed E-state index contributed by atoms with van der Waals surface area (Å²) in [6.07, 6.45) is -0.222. The van der Waals surface area contributed by atoms with E-state index in [0.717, 1.165) is 18.7 Å². The van der Waals surface area contributed by atoms with E-state index in [1.54, 1.807) is 0 Å². The standard InChI is InChI=1S/C14H20N2O2.ClH/c1-11-8-15-9-12(2)16(11)14(17)18-10-13-6-4-3-5-7-13;/h3-7,11-12,15H,8-10H2,1-2H3;1H/t11-,12+;. The number of ether oxygens (including phenoxy) is 1. The van der Waals surface area contributed by atoms with Gasteiger partial charge in [0.1, 0.15) is 6.61 Å². The Hall–Kier alpha value is -1.26. The molecule has 1 aliphatic rings. The smallest absolute Gasteiger partial charge is 0.410 e. The Labute approximate surface area is 120 Å². The monoisotopic (exact) mass is 284 g/mol. The number of carbonyl (C=O) groups excluding carboxylic acids is 1. The number of halogens is 1. The van der Waals surface area contributed by atoms with Gasteiger partial charge < -0.3 is 15.0 Å². The fourth-order valence-electron chi connectivity index (χ4n) is 2.29. The molecule has 1 aromatic carbocycles. The highest BCUT2D eigenvalue weighted by Gasteiger charge is 2.29. The van der Waals surface area contributed by atoms with Gasteiger partial charge in [-0.2, -0.15) is 0 Å². The molecule has 1 fully saturated rings. The molecule has 1 amide bonds. The van der Waals surface area contributed by atoms with Gasteiger partial charge in [-0.05, 0) is 19.4 Å². The highest BCUT2D eigenvalue weighted by Crippen LogP contribution is 2.12. The topological polar surface area (TPSA) is 41.6 Å². The Morgan fingerprint density at radius 3 is 2.42 bits per heavy atom. The first-order chi connectivity index (χ1) is 8.68. The van der Waals surface area contributed by atoms with E-state index in [9.17, 15) is 4.79 Å². The van der Waals surface area contributed by atoms with Crippen LogP contribution in [-0.2, 0) is 11.3 Å². The number of hydrogen-bond acceptors (Lipinski definition) is 3. The van der Waals surface area contributed by atoms with Gasteiger partial charge in [-0.15, -0.1) is 12.4 Å². The zero-order valence-electron chi connectivity index (χ0n) is 11.3. The molecule has 0 saturated carbocycles. The Morgan fingerprint density at radius 1 is 1.26 bits per heavy atom. The van der Waals surface area contributed by atoms with Crippen molar-refractivity contribution in [3.05, 3.63) is 35.9 Å². The van der Waals surface area contributed by atoms with E-state index in [4.69, 9.17) is 4.74 Å². The number of piperazine rings is 1. The van der Waals surface area contributed by atoms with E-state index in [-0.39, 0.29) is 30.6 Å². The third-order valence-corrected chi connectivity index (χ3v) is 3.25. The second-order valence-corrected chi connectivity index (χ2v) is 4.80. The van der Waals surface area contributed by atoms with Crippen LogP contribution in [0.5, 0.6) is 0 Å². The summed E-state index contributed by atoms with van der Waals surface area (Å²) in [4.78, 5) is 13.9. The van der Waals surface area contributed by atoms with Gasteiger partial charge >= 0.3 is 6.09 Å². The molecular formula is C14H21ClN2O2. The van der Waals surface area contributed by atoms with Crippen molar-refractivity contribution in [1.29, 1.82) is 0 Å². The van der Waals surface area contributed by atoms with E-state index >= 15 is 0 Å². The molecule has 0 unspecified atom stereocenters. The van der Waals surface area contributed by atoms with Crippen LogP contribution in [0.15, 0.2) is 30.3 Å². The molecule has 1 N–H and O–H groups in total. The average Bonchev–Trinajstić information content (AvgIpc) is 2.37. The van der Waals surface area contributed by atoms with Crippen LogP contribution in [0.2, 0.25) is 0 Å². The largest absolute Gasteiger partial charge is 0.445 e. The van der Waals surface area contributed by atoms with Crippen molar-refractivity contribution in [3.63, 3.8) is 0 Å². The maximum absolute atomic E-state index is 12.1. The van der Waals surface area contributed by atoms with Crippen molar-refractivity contribution in [2.45, 2.75) is 32.5 Å². The lowest BCUT2D eigenvalue weighted by molar-refractivity contribution is 0.0564. The van der Waals surface area contributed by atoms with Gasteiger partial charge in [0.15, 0.2) is 0 Å². The highest BCUT2D eigenvalue weighted by atomic mass is 35.5. The molecule has 1 heterocycles. The SMILES string of the molecule is C[C@@H]1CNC[C@H](C)N1C(=O)OCc1ccccc1.Cl. The summed E-state index contributed by atoms with van der Waals surface area (Å²) in [5.74, 6) is 0. The number of rotatable bonds is 2. The van der Waals surface area contributed by atoms with Crippen LogP contribution < -0.4 is 5.32 Å². The van der Waals surface area contributed by atoms with E-state index in [2.05, 4.69) is 5.32 Å². The first kappa shape index (κ1) is 15.8. The third-order valence-electron chi connectivity index (χ3n) is 3.25. The molecule has 0 radical (unpaired) electrons. The van der Waals surface area contributed by atoms with E-state index in [1.807, 2.05) is 49.1 Å². The molecule has 106 valence electrons. The molecular weight excluding hydrogens is 264 g/mol. The van der Waals surface area contributed by atoms with E-state index < -0.39 is 0 Å². The zero-order chi connectivity index (χ0) is 13.0. The summed E-state index contributed by atoms with van der Waals surface area (Å²) in [6, 6.07) is 10.1. The molecule has 0 aromatic heterocycles. The van der Waals surface area contributed by atoms with Crippen LogP contribution in [-0.4, -0.2) is 36.2 Å². The van der Waals surface area contributed by atoms with E-state index in [1.165, 1.54) is 0 Å². The van der Waals surface area contributed by atoms with Gasteiger partial charge in [0.25, 0.3) is 0 Å². The summed E-state index contributed by atoms with van der Waals surface area (Å²) in [6.45, 7) is 6.05. The maximum Gasteiger partial charge on any atom is 0.410 e. The van der Waals surface area contributed by atoms with E-state index in [0.29, 0.717) is 6.61 Å². The van der Waals surface area contributed by atoms with Gasteiger partial charge in [-0.25, -0.2) is 4.79 Å². The first-order valence-electron chi connectivity index (χ1n) is 6.38. The summed E-state index contributed by atoms with van der Waals surface area (Å²) in [5, 5.41) is 3.29. The van der Waals surface area contributed by atoms with Gasteiger partial charge in [-0.3, -0.25) is 0 Å². The van der Waals surface area contributed by atoms with Gasteiger partial charge in [0.2, 0.25) is 0 Å². The summed E-state index contributed by atoms with van der Waals surface area (Å²) in [7, 11) is 0. The van der Waals surface area contributed by atoms with Crippen molar-refractivity contribution < 1.29 is 9.53 Å². The minimum Gasteiger partial charge on any atom is -0.445 e. The Kier molecular flexibility index (Phi) is 6.12. The van der Waals surface area contributed by atoms with Crippen LogP contribution in [0.4, 0.5) is 4.79 Å². The lowest BCUT2D eigenvalue weighted by Crippen LogP contribution is -2.57. The van der Waals surface area contributed by atoms with Crippen molar-refractivity contribution in [3.8, 4) is 0 Å². The molecule has 5 heteroatoms. The van der Waals surface area contributed by atoms with Crippen LogP contribution in [0.1, 0.15) is 19.4 Å². The number of hydrogen-bond donors (Lipinski definition) is 1. The summed E-state index contributed by atoms with van der Waals surface area (Å²) >= 11 is 0. The quantitative estimate of drug-likeness (QED) is 0.907. The molecule has 0 aliphatic carbocycles. The van der Waals surface area contributed by atoms with Crippen LogP contribution in [0.3, 0.4) is 0 Å². The fraction of sp³-hybridized carbons (Fsp3) is 0.500. The molecule has 2 rings (SSSR count). The molecule has 0 spiro atoms. The number of carbonyl (C=O) groups is 1. The molecule has 19 heavy (non-hydrogen) atoms. The lowest BCUT2D eigenvalue weighted by Gasteiger charge is -2.38. The second kappa shape index (κ2) is 7.36. The summed E-state index contributed by atoms with van der Waals surface area (Å²) in [5.41, 5.74) is 1.02. The molecule has 0 bridgehead atoms. The molecule has 4 nitrogen and oxygen atoms in total. The minimum atomic E-state index is -0.222. The minimum absolute atomic E-state index is 0. The zero-order valence-corrected chi connectivity index (χ0v) is 12.2. The van der Waals surface area contributed by atoms with Gasteiger partial charge in [0.05, 0.1) is 0 Å². The predicted molar refractivity (Wildman–Crippen MR) is 77.5 cm³/mol. The third kappa shape index (κ3) is 4.11. The van der Waals surface area contributed by atoms with Gasteiger partial charge in [-0.1, -0.05) is 30.3 Å². The number of nitrogens with zero attached hydrogens (tertiary/aromatic N) is 1. The van der Waals surface area contributed by atoms with Gasteiger partial charge in [0, 0.05) is 25.2 Å². The van der Waals surface area contributed by atoms with Crippen LogP contribution in [0.25, 0.3) is 0 Å². The Bertz CT molecular complexity index is 390. The van der Waals surface area contributed by atoms with Crippen LogP contribution >= 0.6 is 12.4 Å². The number of nitrogens with one attached hydrogen (secondary N) is 1.